The molecule has 7 heteroatoms. The predicted molar refractivity (Wildman–Crippen MR) is 106 cm³/mol. The van der Waals surface area contributed by atoms with Gasteiger partial charge in [0.05, 0.1) is 13.2 Å². The molecule has 0 unspecified atom stereocenters. The number of hydrogen-bond donors (Lipinski definition) is 0. The molecule has 1 aromatic carbocycles. The van der Waals surface area contributed by atoms with Crippen LogP contribution in [0, 0.1) is 6.92 Å². The van der Waals surface area contributed by atoms with E-state index < -0.39 is 5.97 Å². The van der Waals surface area contributed by atoms with Crippen molar-refractivity contribution in [1.82, 2.24) is 14.8 Å². The molecular weight excluding hydrogens is 378 g/mol. The molecule has 0 saturated carbocycles. The van der Waals surface area contributed by atoms with Gasteiger partial charge in [0.1, 0.15) is 11.3 Å². The third-order valence-corrected chi connectivity index (χ3v) is 4.58. The summed E-state index contributed by atoms with van der Waals surface area (Å²) in [6.45, 7) is 4.37. The Bertz CT molecular complexity index is 1150. The lowest BCUT2D eigenvalue weighted by Gasteiger charge is -2.06. The highest BCUT2D eigenvalue weighted by Gasteiger charge is 2.16. The molecule has 0 amide bonds. The highest BCUT2D eigenvalue weighted by Crippen LogP contribution is 2.32. The van der Waals surface area contributed by atoms with Gasteiger partial charge in [-0.2, -0.15) is 5.10 Å². The number of aromatic nitrogens is 3. The lowest BCUT2D eigenvalue weighted by molar-refractivity contribution is 0.0518. The normalized spacial score (nSPS) is 11.1. The summed E-state index contributed by atoms with van der Waals surface area (Å²) in [6, 6.07) is 13.0. The first-order valence-corrected chi connectivity index (χ1v) is 9.28. The number of esters is 1. The van der Waals surface area contributed by atoms with Crippen LogP contribution < -0.4 is 0 Å². The third-order valence-electron chi connectivity index (χ3n) is 4.36. The van der Waals surface area contributed by atoms with Crippen LogP contribution >= 0.6 is 11.6 Å². The van der Waals surface area contributed by atoms with Crippen LogP contribution in [0.25, 0.3) is 22.4 Å². The number of benzene rings is 1. The molecule has 0 atom stereocenters. The molecule has 0 spiro atoms. The second kappa shape index (κ2) is 7.48. The van der Waals surface area contributed by atoms with Crippen molar-refractivity contribution in [2.45, 2.75) is 20.4 Å². The average molecular weight is 396 g/mol. The Balaban J connectivity index is 1.73. The van der Waals surface area contributed by atoms with Gasteiger partial charge in [-0.1, -0.05) is 17.7 Å². The van der Waals surface area contributed by atoms with E-state index in [2.05, 4.69) is 10.1 Å². The molecule has 3 aromatic heterocycles. The van der Waals surface area contributed by atoms with Gasteiger partial charge in [0.15, 0.2) is 11.5 Å². The highest BCUT2D eigenvalue weighted by molar-refractivity contribution is 6.31. The largest absolute Gasteiger partial charge is 0.461 e. The van der Waals surface area contributed by atoms with Crippen LogP contribution in [0.1, 0.15) is 28.7 Å². The van der Waals surface area contributed by atoms with Gasteiger partial charge in [0, 0.05) is 27.9 Å². The molecule has 0 saturated heterocycles. The fourth-order valence-corrected chi connectivity index (χ4v) is 3.32. The van der Waals surface area contributed by atoms with Gasteiger partial charge in [-0.15, -0.1) is 0 Å². The molecule has 4 aromatic rings. The number of pyridine rings is 1. The van der Waals surface area contributed by atoms with Crippen LogP contribution in [0.4, 0.5) is 0 Å². The van der Waals surface area contributed by atoms with Gasteiger partial charge >= 0.3 is 5.97 Å². The summed E-state index contributed by atoms with van der Waals surface area (Å²) in [7, 11) is 0. The maximum Gasteiger partial charge on any atom is 0.358 e. The molecule has 0 bridgehead atoms. The van der Waals surface area contributed by atoms with E-state index in [9.17, 15) is 4.79 Å². The lowest BCUT2D eigenvalue weighted by atomic mass is 10.1. The van der Waals surface area contributed by atoms with E-state index in [4.69, 9.17) is 20.8 Å². The van der Waals surface area contributed by atoms with Gasteiger partial charge in [-0.05, 0) is 50.2 Å². The number of hydrogen-bond acceptors (Lipinski definition) is 5. The quantitative estimate of drug-likeness (QED) is 0.450. The van der Waals surface area contributed by atoms with Crippen LogP contribution in [0.5, 0.6) is 0 Å². The smallest absolute Gasteiger partial charge is 0.358 e. The molecule has 0 radical (unpaired) electrons. The van der Waals surface area contributed by atoms with E-state index in [-0.39, 0.29) is 5.69 Å². The average Bonchev–Trinajstić information content (AvgIpc) is 3.27. The monoisotopic (exact) mass is 395 g/mol. The van der Waals surface area contributed by atoms with Crippen LogP contribution in [0.15, 0.2) is 53.1 Å². The van der Waals surface area contributed by atoms with Gasteiger partial charge in [0.25, 0.3) is 0 Å². The van der Waals surface area contributed by atoms with Crippen molar-refractivity contribution in [1.29, 1.82) is 0 Å². The number of carbonyl (C=O) groups excluding carboxylic acids is 1. The Hall–Kier alpha value is -3.12. The Kier molecular flexibility index (Phi) is 4.88. The fourth-order valence-electron chi connectivity index (χ4n) is 3.07. The number of rotatable bonds is 5. The molecule has 3 heterocycles. The predicted octanol–water partition coefficient (Wildman–Crippen LogP) is 4.88. The highest BCUT2D eigenvalue weighted by atomic mass is 35.5. The van der Waals surface area contributed by atoms with Crippen LogP contribution in [0.2, 0.25) is 5.02 Å². The number of furan rings is 1. The van der Waals surface area contributed by atoms with Crippen LogP contribution in [0.3, 0.4) is 0 Å². The second-order valence-electron chi connectivity index (χ2n) is 6.36. The first kappa shape index (κ1) is 18.3. The molecule has 28 heavy (non-hydrogen) atoms. The lowest BCUT2D eigenvalue weighted by Crippen LogP contribution is -2.08. The zero-order valence-electron chi connectivity index (χ0n) is 15.5. The molecular formula is C21H18ClN3O3. The van der Waals surface area contributed by atoms with Crippen molar-refractivity contribution in [2.75, 3.05) is 6.61 Å². The number of nitrogens with zero attached hydrogens (tertiary/aromatic N) is 3. The number of halogens is 1. The van der Waals surface area contributed by atoms with Gasteiger partial charge in [-0.25, -0.2) is 4.79 Å². The molecule has 6 nitrogen and oxygen atoms in total. The Morgan fingerprint density at radius 2 is 2.11 bits per heavy atom. The number of carbonyl (C=O) groups is 1. The summed E-state index contributed by atoms with van der Waals surface area (Å²) in [5.41, 5.74) is 3.46. The first-order valence-electron chi connectivity index (χ1n) is 8.90. The minimum Gasteiger partial charge on any atom is -0.461 e. The standard InChI is InChI=1S/C21H18ClN3O3/c1-3-27-21(26)18-8-13(2)25(24-18)12-15-10-16(22)9-14-11-19(28-20(14)15)17-6-4-5-7-23-17/h4-11H,3,12H2,1-2H3. The minimum atomic E-state index is -0.434. The molecule has 0 aliphatic carbocycles. The van der Waals surface area contributed by atoms with Crippen LogP contribution in [-0.2, 0) is 11.3 Å². The molecule has 0 N–H and O–H groups in total. The number of ether oxygens (including phenoxy) is 1. The van der Waals surface area contributed by atoms with E-state index >= 15 is 0 Å². The SMILES string of the molecule is CCOC(=O)c1cc(C)n(Cc2cc(Cl)cc3cc(-c4ccccn4)oc23)n1. The van der Waals surface area contributed by atoms with Gasteiger partial charge in [-0.3, -0.25) is 9.67 Å². The van der Waals surface area contributed by atoms with Crippen molar-refractivity contribution < 1.29 is 13.9 Å². The molecule has 4 rings (SSSR count). The maximum absolute atomic E-state index is 11.9. The summed E-state index contributed by atoms with van der Waals surface area (Å²) in [6.07, 6.45) is 1.72. The first-order chi connectivity index (χ1) is 13.5. The molecule has 0 fully saturated rings. The second-order valence-corrected chi connectivity index (χ2v) is 6.79. The van der Waals surface area contributed by atoms with E-state index in [1.165, 1.54) is 0 Å². The topological polar surface area (TPSA) is 70.2 Å². The Morgan fingerprint density at radius 1 is 1.25 bits per heavy atom. The summed E-state index contributed by atoms with van der Waals surface area (Å²) < 4.78 is 12.9. The summed E-state index contributed by atoms with van der Waals surface area (Å²) in [4.78, 5) is 16.3. The third kappa shape index (κ3) is 3.51. The summed E-state index contributed by atoms with van der Waals surface area (Å²) in [5, 5.41) is 5.86. The number of aryl methyl sites for hydroxylation is 1. The van der Waals surface area contributed by atoms with Crippen molar-refractivity contribution in [2.24, 2.45) is 0 Å². The van der Waals surface area contributed by atoms with Crippen molar-refractivity contribution >= 4 is 28.5 Å². The van der Waals surface area contributed by atoms with Gasteiger partial charge in [0.2, 0.25) is 0 Å². The van der Waals surface area contributed by atoms with Crippen molar-refractivity contribution in [3.8, 4) is 11.5 Å². The summed E-state index contributed by atoms with van der Waals surface area (Å²) in [5.74, 6) is 0.236. The molecule has 0 aliphatic rings. The Labute approximate surface area is 166 Å². The van der Waals surface area contributed by atoms with E-state index in [0.29, 0.717) is 23.9 Å². The van der Waals surface area contributed by atoms with E-state index in [1.54, 1.807) is 23.9 Å². The minimum absolute atomic E-state index is 0.284. The van der Waals surface area contributed by atoms with Crippen LogP contribution in [-0.4, -0.2) is 27.3 Å². The zero-order chi connectivity index (χ0) is 19.7. The van der Waals surface area contributed by atoms with Crippen molar-refractivity contribution in [3.63, 3.8) is 0 Å². The Morgan fingerprint density at radius 3 is 2.86 bits per heavy atom. The molecule has 0 aliphatic heterocycles. The van der Waals surface area contributed by atoms with E-state index in [1.807, 2.05) is 43.3 Å². The molecule has 142 valence electrons. The zero-order valence-corrected chi connectivity index (χ0v) is 16.2. The maximum atomic E-state index is 11.9. The summed E-state index contributed by atoms with van der Waals surface area (Å²) >= 11 is 6.32. The fraction of sp³-hybridized carbons (Fsp3) is 0.190. The van der Waals surface area contributed by atoms with Crippen molar-refractivity contribution in [3.05, 3.63) is 70.6 Å². The number of fused-ring (bicyclic) bond motifs is 1. The van der Waals surface area contributed by atoms with E-state index in [0.717, 1.165) is 27.9 Å². The van der Waals surface area contributed by atoms with Gasteiger partial charge < -0.3 is 9.15 Å².